The van der Waals surface area contributed by atoms with Crippen LogP contribution in [0.5, 0.6) is 28.7 Å². The average Bonchev–Trinajstić information content (AvgIpc) is 2.73. The zero-order valence-electron chi connectivity index (χ0n) is 15.4. The second kappa shape index (κ2) is 9.78. The number of ether oxygens (including phenoxy) is 2. The summed E-state index contributed by atoms with van der Waals surface area (Å²) in [5.74, 6) is 2.06. The van der Waals surface area contributed by atoms with Gasteiger partial charge in [0.2, 0.25) is 0 Å². The molecule has 3 aromatic rings. The topological polar surface area (TPSA) is 79.3 Å². The van der Waals surface area contributed by atoms with E-state index in [1.165, 1.54) is 6.07 Å². The molecule has 1 N–H and O–H groups in total. The van der Waals surface area contributed by atoms with Crippen molar-refractivity contribution in [3.63, 3.8) is 0 Å². The number of hydrogen-bond acceptors (Lipinski definition) is 7. The van der Waals surface area contributed by atoms with Crippen molar-refractivity contribution in [3.05, 3.63) is 72.6 Å². The lowest BCUT2D eigenvalue weighted by atomic mass is 10.3. The van der Waals surface area contributed by atoms with Gasteiger partial charge in [-0.2, -0.15) is 0 Å². The third-order valence-corrected chi connectivity index (χ3v) is 4.69. The van der Waals surface area contributed by atoms with Crippen molar-refractivity contribution in [2.24, 2.45) is 0 Å². The zero-order chi connectivity index (χ0) is 19.8. The molecule has 0 aliphatic carbocycles. The van der Waals surface area contributed by atoms with Crippen molar-refractivity contribution in [3.8, 4) is 28.7 Å². The van der Waals surface area contributed by atoms with Crippen LogP contribution in [0.15, 0.2) is 66.9 Å². The summed E-state index contributed by atoms with van der Waals surface area (Å²) in [5.41, 5.74) is 0.377. The summed E-state index contributed by atoms with van der Waals surface area (Å²) in [6, 6.07) is 17.5. The molecule has 0 saturated carbocycles. The normalized spacial score (nSPS) is 10.5. The Bertz CT molecular complexity index is 858. The standard InChI is InChI=1S/C20H20NO6P/c1-23-17-9-3-5-11-19(17)26-28(25-14-15-16(22)8-7-13-21-15)27-20-12-6-4-10-18(20)24-2/h3-13,22H,14H2,1-2H3. The highest BCUT2D eigenvalue weighted by Crippen LogP contribution is 2.47. The van der Waals surface area contributed by atoms with Crippen LogP contribution in [0.3, 0.4) is 0 Å². The fourth-order valence-electron chi connectivity index (χ4n) is 2.27. The number of hydrogen-bond donors (Lipinski definition) is 1. The van der Waals surface area contributed by atoms with Crippen LogP contribution in [0.4, 0.5) is 0 Å². The molecule has 2 aromatic carbocycles. The van der Waals surface area contributed by atoms with Crippen molar-refractivity contribution in [1.82, 2.24) is 4.98 Å². The smallest absolute Gasteiger partial charge is 0.463 e. The molecule has 1 heterocycles. The van der Waals surface area contributed by atoms with E-state index in [0.29, 0.717) is 28.7 Å². The molecule has 7 nitrogen and oxygen atoms in total. The molecule has 0 saturated heterocycles. The monoisotopic (exact) mass is 401 g/mol. The van der Waals surface area contributed by atoms with Crippen molar-refractivity contribution in [2.45, 2.75) is 6.61 Å². The van der Waals surface area contributed by atoms with Gasteiger partial charge in [0, 0.05) is 6.20 Å². The van der Waals surface area contributed by atoms with Gasteiger partial charge in [0.1, 0.15) is 18.1 Å². The van der Waals surface area contributed by atoms with Crippen LogP contribution in [0.25, 0.3) is 0 Å². The van der Waals surface area contributed by atoms with Gasteiger partial charge in [0.25, 0.3) is 0 Å². The Morgan fingerprint density at radius 1 is 0.786 bits per heavy atom. The van der Waals surface area contributed by atoms with E-state index in [4.69, 9.17) is 23.0 Å². The number of aromatic nitrogens is 1. The van der Waals surface area contributed by atoms with Crippen LogP contribution in [0, 0.1) is 0 Å². The van der Waals surface area contributed by atoms with Crippen molar-refractivity contribution in [1.29, 1.82) is 0 Å². The highest BCUT2D eigenvalue weighted by atomic mass is 31.2. The molecule has 0 fully saturated rings. The summed E-state index contributed by atoms with van der Waals surface area (Å²) < 4.78 is 28.3. The molecule has 1 aromatic heterocycles. The maximum absolute atomic E-state index is 9.91. The minimum atomic E-state index is -1.90. The summed E-state index contributed by atoms with van der Waals surface area (Å²) in [7, 11) is 1.20. The summed E-state index contributed by atoms with van der Waals surface area (Å²) >= 11 is 0. The van der Waals surface area contributed by atoms with E-state index in [0.717, 1.165) is 0 Å². The highest BCUT2D eigenvalue weighted by Gasteiger charge is 2.22. The maximum Gasteiger partial charge on any atom is 0.463 e. The Labute approximate surface area is 164 Å². The van der Waals surface area contributed by atoms with Crippen molar-refractivity contribution in [2.75, 3.05) is 14.2 Å². The minimum Gasteiger partial charge on any atom is -0.506 e. The summed E-state index contributed by atoms with van der Waals surface area (Å²) in [4.78, 5) is 4.11. The Balaban J connectivity index is 1.81. The number of nitrogens with zero attached hydrogens (tertiary/aromatic N) is 1. The predicted molar refractivity (Wildman–Crippen MR) is 105 cm³/mol. The number of benzene rings is 2. The maximum atomic E-state index is 9.91. The van der Waals surface area contributed by atoms with E-state index < -0.39 is 8.60 Å². The Morgan fingerprint density at radius 3 is 1.82 bits per heavy atom. The molecule has 0 bridgehead atoms. The first-order valence-corrected chi connectivity index (χ1v) is 9.48. The van der Waals surface area contributed by atoms with E-state index in [9.17, 15) is 5.11 Å². The second-order valence-electron chi connectivity index (χ2n) is 5.45. The van der Waals surface area contributed by atoms with Gasteiger partial charge < -0.3 is 23.6 Å². The average molecular weight is 401 g/mol. The Kier molecular flexibility index (Phi) is 6.89. The molecule has 0 atom stereocenters. The van der Waals surface area contributed by atoms with Crippen molar-refractivity contribution >= 4 is 8.60 Å². The van der Waals surface area contributed by atoms with Gasteiger partial charge in [-0.1, -0.05) is 24.3 Å². The first kappa shape index (κ1) is 19.7. The number of rotatable bonds is 9. The third-order valence-electron chi connectivity index (χ3n) is 3.66. The number of methoxy groups -OCH3 is 2. The second-order valence-corrected chi connectivity index (χ2v) is 6.52. The van der Waals surface area contributed by atoms with Crippen LogP contribution < -0.4 is 18.5 Å². The molecule has 0 radical (unpaired) electrons. The van der Waals surface area contributed by atoms with Crippen LogP contribution in [-0.4, -0.2) is 24.3 Å². The third kappa shape index (κ3) is 5.03. The quantitative estimate of drug-likeness (QED) is 0.521. The lowest BCUT2D eigenvalue weighted by Crippen LogP contribution is -2.03. The number of pyridine rings is 1. The lowest BCUT2D eigenvalue weighted by Gasteiger charge is -2.19. The van der Waals surface area contributed by atoms with Gasteiger partial charge in [0.05, 0.1) is 14.2 Å². The zero-order valence-corrected chi connectivity index (χ0v) is 16.3. The molecule has 0 unspecified atom stereocenters. The number of aromatic hydroxyl groups is 1. The summed E-state index contributed by atoms with van der Waals surface area (Å²) in [6.45, 7) is 0.00265. The van der Waals surface area contributed by atoms with Gasteiger partial charge in [0.15, 0.2) is 23.0 Å². The highest BCUT2D eigenvalue weighted by molar-refractivity contribution is 7.42. The fraction of sp³-hybridized carbons (Fsp3) is 0.150. The van der Waals surface area contributed by atoms with Crippen LogP contribution >= 0.6 is 8.60 Å². The van der Waals surface area contributed by atoms with Gasteiger partial charge >= 0.3 is 8.60 Å². The molecule has 0 spiro atoms. The first-order chi connectivity index (χ1) is 13.7. The largest absolute Gasteiger partial charge is 0.506 e. The fourth-order valence-corrected chi connectivity index (χ4v) is 3.27. The molecule has 3 rings (SSSR count). The predicted octanol–water partition coefficient (Wildman–Crippen LogP) is 4.71. The molecular weight excluding hydrogens is 381 g/mol. The molecular formula is C20H20NO6P. The Hall–Kier alpha value is -3.02. The van der Waals surface area contributed by atoms with E-state index in [1.807, 2.05) is 24.3 Å². The van der Waals surface area contributed by atoms with Gasteiger partial charge in [-0.25, -0.2) is 0 Å². The van der Waals surface area contributed by atoms with Crippen LogP contribution in [0.1, 0.15) is 5.69 Å². The molecule has 146 valence electrons. The summed E-state index contributed by atoms with van der Waals surface area (Å²) in [6.07, 6.45) is 1.57. The van der Waals surface area contributed by atoms with E-state index in [1.54, 1.807) is 50.7 Å². The molecule has 0 aliphatic heterocycles. The molecule has 8 heteroatoms. The van der Waals surface area contributed by atoms with Crippen LogP contribution in [-0.2, 0) is 11.1 Å². The molecule has 28 heavy (non-hydrogen) atoms. The Morgan fingerprint density at radius 2 is 1.32 bits per heavy atom. The van der Waals surface area contributed by atoms with E-state index in [2.05, 4.69) is 4.98 Å². The SMILES string of the molecule is COc1ccccc1OP(OCc1ncccc1O)Oc1ccccc1OC. The van der Waals surface area contributed by atoms with E-state index in [-0.39, 0.29) is 12.4 Å². The molecule has 0 amide bonds. The first-order valence-electron chi connectivity index (χ1n) is 8.39. The molecule has 0 aliphatic rings. The van der Waals surface area contributed by atoms with Crippen LogP contribution in [0.2, 0.25) is 0 Å². The van der Waals surface area contributed by atoms with Crippen molar-refractivity contribution < 1.29 is 28.2 Å². The van der Waals surface area contributed by atoms with Gasteiger partial charge in [-0.3, -0.25) is 9.51 Å². The minimum absolute atomic E-state index is 0.00265. The summed E-state index contributed by atoms with van der Waals surface area (Å²) in [5, 5.41) is 9.91. The van der Waals surface area contributed by atoms with Gasteiger partial charge in [-0.15, -0.1) is 0 Å². The number of para-hydroxylation sites is 4. The lowest BCUT2D eigenvalue weighted by molar-refractivity contribution is 0.243. The van der Waals surface area contributed by atoms with E-state index >= 15 is 0 Å². The van der Waals surface area contributed by atoms with Gasteiger partial charge in [-0.05, 0) is 36.4 Å².